The van der Waals surface area contributed by atoms with Crippen LogP contribution in [0.4, 0.5) is 0 Å². The molecule has 2 heterocycles. The molecule has 16 heavy (non-hydrogen) atoms. The second-order valence-corrected chi connectivity index (χ2v) is 5.17. The van der Waals surface area contributed by atoms with Crippen molar-refractivity contribution in [2.75, 3.05) is 19.7 Å². The summed E-state index contributed by atoms with van der Waals surface area (Å²) < 4.78 is 6.21. The molecule has 2 aliphatic rings. The fraction of sp³-hybridized carbons (Fsp3) is 0.417. The molecule has 0 saturated carbocycles. The largest absolute Gasteiger partial charge is 0.371 e. The summed E-state index contributed by atoms with van der Waals surface area (Å²) in [5, 5.41) is 0. The van der Waals surface area contributed by atoms with Crippen molar-refractivity contribution in [2.24, 2.45) is 0 Å². The Hall–Kier alpha value is -0.870. The summed E-state index contributed by atoms with van der Waals surface area (Å²) >= 11 is 3.43. The molecule has 4 heteroatoms. The van der Waals surface area contributed by atoms with Crippen molar-refractivity contribution in [1.29, 1.82) is 0 Å². The van der Waals surface area contributed by atoms with Crippen molar-refractivity contribution in [3.63, 3.8) is 0 Å². The van der Waals surface area contributed by atoms with E-state index in [1.165, 1.54) is 0 Å². The molecule has 0 aromatic heterocycles. The zero-order chi connectivity index (χ0) is 11.1. The van der Waals surface area contributed by atoms with Gasteiger partial charge in [-0.1, -0.05) is 15.9 Å². The van der Waals surface area contributed by atoms with Crippen molar-refractivity contribution in [2.45, 2.75) is 12.5 Å². The first-order valence-electron chi connectivity index (χ1n) is 5.43. The van der Waals surface area contributed by atoms with Crippen LogP contribution in [0.25, 0.3) is 0 Å². The van der Waals surface area contributed by atoms with Gasteiger partial charge in [0, 0.05) is 23.1 Å². The number of rotatable bonds is 2. The monoisotopic (exact) mass is 281 g/mol. The number of halogens is 1. The Bertz CT molecular complexity index is 443. The van der Waals surface area contributed by atoms with Crippen molar-refractivity contribution >= 4 is 21.8 Å². The van der Waals surface area contributed by atoms with Crippen LogP contribution in [0.3, 0.4) is 0 Å². The van der Waals surface area contributed by atoms with Gasteiger partial charge < -0.3 is 9.64 Å². The first-order valence-corrected chi connectivity index (χ1v) is 6.22. The van der Waals surface area contributed by atoms with E-state index in [1.54, 1.807) is 0 Å². The highest BCUT2D eigenvalue weighted by molar-refractivity contribution is 9.10. The number of carbonyl (C=O) groups is 1. The zero-order valence-electron chi connectivity index (χ0n) is 8.78. The number of nitrogens with zero attached hydrogens (tertiary/aromatic N) is 1. The van der Waals surface area contributed by atoms with Gasteiger partial charge in [0.15, 0.2) is 0 Å². The molecule has 3 rings (SSSR count). The van der Waals surface area contributed by atoms with Gasteiger partial charge in [-0.05, 0) is 30.2 Å². The number of ether oxygens (including phenoxy) is 1. The highest BCUT2D eigenvalue weighted by Gasteiger charge is 2.31. The third kappa shape index (κ3) is 1.87. The second kappa shape index (κ2) is 3.86. The van der Waals surface area contributed by atoms with Crippen LogP contribution in [-0.2, 0) is 11.2 Å². The lowest BCUT2D eigenvalue weighted by molar-refractivity contribution is 0.0726. The molecule has 0 N–H and O–H groups in total. The van der Waals surface area contributed by atoms with Gasteiger partial charge in [-0.3, -0.25) is 4.79 Å². The van der Waals surface area contributed by atoms with E-state index in [-0.39, 0.29) is 12.0 Å². The topological polar surface area (TPSA) is 32.8 Å². The average Bonchev–Trinajstić information content (AvgIpc) is 3.06. The molecule has 0 bridgehead atoms. The highest BCUT2D eigenvalue weighted by Crippen LogP contribution is 2.24. The van der Waals surface area contributed by atoms with Gasteiger partial charge in [-0.15, -0.1) is 0 Å². The van der Waals surface area contributed by atoms with E-state index >= 15 is 0 Å². The normalized spacial score (nSPS) is 23.2. The molecule has 0 spiro atoms. The zero-order valence-corrected chi connectivity index (χ0v) is 10.4. The summed E-state index contributed by atoms with van der Waals surface area (Å²) in [6.45, 7) is 2.35. The lowest BCUT2D eigenvalue weighted by atomic mass is 9.99. The lowest BCUT2D eigenvalue weighted by Gasteiger charge is -2.28. The molecule has 1 atom stereocenters. The Morgan fingerprint density at radius 3 is 3.06 bits per heavy atom. The quantitative estimate of drug-likeness (QED) is 0.775. The third-order valence-corrected chi connectivity index (χ3v) is 3.56. The maximum absolute atomic E-state index is 12.1. The van der Waals surface area contributed by atoms with E-state index in [1.807, 2.05) is 23.1 Å². The molecule has 0 unspecified atom stereocenters. The van der Waals surface area contributed by atoms with E-state index in [2.05, 4.69) is 15.9 Å². The maximum Gasteiger partial charge on any atom is 0.254 e. The molecule has 2 aliphatic heterocycles. The highest BCUT2D eigenvalue weighted by atomic mass is 79.9. The van der Waals surface area contributed by atoms with Crippen LogP contribution >= 0.6 is 15.9 Å². The summed E-state index contributed by atoms with van der Waals surface area (Å²) in [4.78, 5) is 14.0. The van der Waals surface area contributed by atoms with Crippen molar-refractivity contribution in [1.82, 2.24) is 4.90 Å². The fourth-order valence-electron chi connectivity index (χ4n) is 2.10. The van der Waals surface area contributed by atoms with Gasteiger partial charge >= 0.3 is 0 Å². The molecule has 1 aromatic rings. The fourth-order valence-corrected chi connectivity index (χ4v) is 2.51. The Morgan fingerprint density at radius 2 is 2.31 bits per heavy atom. The molecule has 84 valence electrons. The second-order valence-electron chi connectivity index (χ2n) is 4.26. The van der Waals surface area contributed by atoms with E-state index in [4.69, 9.17) is 4.74 Å². The number of fused-ring (bicyclic) bond motifs is 1. The Labute approximate surface area is 103 Å². The minimum absolute atomic E-state index is 0.143. The van der Waals surface area contributed by atoms with Crippen LogP contribution in [0, 0.1) is 0 Å². The van der Waals surface area contributed by atoms with E-state index in [0.717, 1.165) is 41.7 Å². The molecule has 1 aromatic carbocycles. The van der Waals surface area contributed by atoms with Gasteiger partial charge in [0.1, 0.15) is 0 Å². The number of benzene rings is 1. The van der Waals surface area contributed by atoms with Crippen LogP contribution in [0.5, 0.6) is 0 Å². The molecular weight excluding hydrogens is 270 g/mol. The summed E-state index contributed by atoms with van der Waals surface area (Å²) in [5.41, 5.74) is 1.99. The maximum atomic E-state index is 12.1. The number of amides is 1. The molecular formula is C12H12BrNO2. The van der Waals surface area contributed by atoms with Gasteiger partial charge in [0.25, 0.3) is 5.91 Å². The predicted molar refractivity (Wildman–Crippen MR) is 63.5 cm³/mol. The summed E-state index contributed by atoms with van der Waals surface area (Å²) in [7, 11) is 0. The first-order chi connectivity index (χ1) is 7.74. The van der Waals surface area contributed by atoms with Crippen molar-refractivity contribution in [3.8, 4) is 0 Å². The minimum atomic E-state index is 0.143. The standard InChI is InChI=1S/C12H12BrNO2/c13-9-1-2-11-8(5-9)3-4-14(12(11)15)6-10-7-16-10/h1-2,5,10H,3-4,6-7H2/t10-/m1/s1. The number of epoxide rings is 1. The van der Waals surface area contributed by atoms with Gasteiger partial charge in [0.05, 0.1) is 12.7 Å². The Balaban J connectivity index is 1.86. The van der Waals surface area contributed by atoms with Gasteiger partial charge in [-0.25, -0.2) is 0 Å². The third-order valence-electron chi connectivity index (χ3n) is 3.06. The summed E-state index contributed by atoms with van der Waals surface area (Å²) in [6.07, 6.45) is 1.22. The van der Waals surface area contributed by atoms with Crippen molar-refractivity contribution in [3.05, 3.63) is 33.8 Å². The lowest BCUT2D eigenvalue weighted by Crippen LogP contribution is -2.39. The molecule has 3 nitrogen and oxygen atoms in total. The SMILES string of the molecule is O=C1c2ccc(Br)cc2CCN1C[C@@H]1CO1. The summed E-state index contributed by atoms with van der Waals surface area (Å²) in [6, 6.07) is 5.87. The number of hydrogen-bond acceptors (Lipinski definition) is 2. The summed E-state index contributed by atoms with van der Waals surface area (Å²) in [5.74, 6) is 0.143. The Kier molecular flexibility index (Phi) is 2.48. The van der Waals surface area contributed by atoms with Crippen LogP contribution in [0.1, 0.15) is 15.9 Å². The molecule has 0 radical (unpaired) electrons. The number of carbonyl (C=O) groups excluding carboxylic acids is 1. The van der Waals surface area contributed by atoms with Crippen LogP contribution in [-0.4, -0.2) is 36.6 Å². The van der Waals surface area contributed by atoms with Gasteiger partial charge in [-0.2, -0.15) is 0 Å². The van der Waals surface area contributed by atoms with Crippen LogP contribution in [0.15, 0.2) is 22.7 Å². The van der Waals surface area contributed by atoms with Gasteiger partial charge in [0.2, 0.25) is 0 Å². The molecule has 0 aliphatic carbocycles. The smallest absolute Gasteiger partial charge is 0.254 e. The predicted octanol–water partition coefficient (Wildman–Crippen LogP) is 1.85. The van der Waals surface area contributed by atoms with Crippen LogP contribution in [0.2, 0.25) is 0 Å². The minimum Gasteiger partial charge on any atom is -0.371 e. The van der Waals surface area contributed by atoms with Crippen molar-refractivity contribution < 1.29 is 9.53 Å². The van der Waals surface area contributed by atoms with E-state index in [9.17, 15) is 4.79 Å². The number of hydrogen-bond donors (Lipinski definition) is 0. The molecule has 1 amide bonds. The van der Waals surface area contributed by atoms with Crippen LogP contribution < -0.4 is 0 Å². The average molecular weight is 282 g/mol. The Morgan fingerprint density at radius 1 is 1.50 bits per heavy atom. The molecule has 1 saturated heterocycles. The first kappa shape index (κ1) is 10.3. The van der Waals surface area contributed by atoms with E-state index < -0.39 is 0 Å². The van der Waals surface area contributed by atoms with E-state index in [0.29, 0.717) is 0 Å². The molecule has 1 fully saturated rings.